The first kappa shape index (κ1) is 16.8. The van der Waals surface area contributed by atoms with E-state index in [0.717, 1.165) is 45.5 Å². The number of hydrogen-bond donors (Lipinski definition) is 0. The fourth-order valence-electron chi connectivity index (χ4n) is 3.99. The Balaban J connectivity index is 1.38. The summed E-state index contributed by atoms with van der Waals surface area (Å²) in [4.78, 5) is 5.28. The summed E-state index contributed by atoms with van der Waals surface area (Å²) in [6, 6.07) is 17.4. The van der Waals surface area contributed by atoms with E-state index in [9.17, 15) is 5.26 Å². The molecule has 0 spiro atoms. The molecule has 0 aliphatic carbocycles. The van der Waals surface area contributed by atoms with Gasteiger partial charge in [-0.3, -0.25) is 4.90 Å². The Kier molecular flexibility index (Phi) is 4.89. The van der Waals surface area contributed by atoms with Crippen LogP contribution in [0.3, 0.4) is 0 Å². The number of nitriles is 1. The van der Waals surface area contributed by atoms with Crippen molar-refractivity contribution in [1.29, 1.82) is 5.26 Å². The number of thiophene rings is 1. The second-order valence-electron chi connectivity index (χ2n) is 7.14. The minimum atomic E-state index is -0.309. The van der Waals surface area contributed by atoms with Crippen molar-refractivity contribution in [2.24, 2.45) is 0 Å². The topological polar surface area (TPSA) is 36.3 Å². The number of nitrogens with zero attached hydrogens (tertiary/aromatic N) is 2. The van der Waals surface area contributed by atoms with E-state index >= 15 is 0 Å². The van der Waals surface area contributed by atoms with Gasteiger partial charge in [0.2, 0.25) is 0 Å². The van der Waals surface area contributed by atoms with Gasteiger partial charge in [-0.05, 0) is 43.4 Å². The Morgan fingerprint density at radius 3 is 2.64 bits per heavy atom. The average molecular weight is 353 g/mol. The molecule has 4 heteroatoms. The SMILES string of the molecule is N#CC1(c2ccccc2)CCN(Cc2ccc([C@H]3CCCO3)s2)CC1. The van der Waals surface area contributed by atoms with Crippen molar-refractivity contribution in [3.05, 3.63) is 57.8 Å². The van der Waals surface area contributed by atoms with Gasteiger partial charge in [0.25, 0.3) is 0 Å². The number of benzene rings is 1. The molecule has 0 bridgehead atoms. The van der Waals surface area contributed by atoms with Crippen molar-refractivity contribution >= 4 is 11.3 Å². The molecule has 130 valence electrons. The van der Waals surface area contributed by atoms with E-state index < -0.39 is 0 Å². The van der Waals surface area contributed by atoms with Gasteiger partial charge in [0.15, 0.2) is 0 Å². The molecule has 0 radical (unpaired) electrons. The molecular formula is C21H24N2OS. The molecule has 1 atom stereocenters. The Labute approximate surface area is 153 Å². The summed E-state index contributed by atoms with van der Waals surface area (Å²) < 4.78 is 5.79. The smallest absolute Gasteiger partial charge is 0.0917 e. The summed E-state index contributed by atoms with van der Waals surface area (Å²) in [6.07, 6.45) is 4.49. The van der Waals surface area contributed by atoms with E-state index in [1.165, 1.54) is 21.7 Å². The highest BCUT2D eigenvalue weighted by atomic mass is 32.1. The fraction of sp³-hybridized carbons (Fsp3) is 0.476. The third-order valence-electron chi connectivity index (χ3n) is 5.56. The van der Waals surface area contributed by atoms with Gasteiger partial charge in [0.05, 0.1) is 17.6 Å². The van der Waals surface area contributed by atoms with Crippen LogP contribution in [-0.2, 0) is 16.7 Å². The Hall–Kier alpha value is -1.67. The predicted molar refractivity (Wildman–Crippen MR) is 100 cm³/mol. The molecule has 0 saturated carbocycles. The van der Waals surface area contributed by atoms with Gasteiger partial charge in [0, 0.05) is 36.0 Å². The second-order valence-corrected chi connectivity index (χ2v) is 8.34. The molecular weight excluding hydrogens is 328 g/mol. The van der Waals surface area contributed by atoms with Crippen LogP contribution in [0.4, 0.5) is 0 Å². The summed E-state index contributed by atoms with van der Waals surface area (Å²) in [5, 5.41) is 9.82. The molecule has 3 heterocycles. The van der Waals surface area contributed by atoms with Crippen LogP contribution in [0.25, 0.3) is 0 Å². The predicted octanol–water partition coefficient (Wildman–Crippen LogP) is 4.66. The zero-order valence-corrected chi connectivity index (χ0v) is 15.3. The first-order chi connectivity index (χ1) is 12.3. The van der Waals surface area contributed by atoms with Crippen molar-refractivity contribution < 1.29 is 4.74 Å². The summed E-state index contributed by atoms with van der Waals surface area (Å²) in [6.45, 7) is 3.86. The van der Waals surface area contributed by atoms with E-state index in [1.807, 2.05) is 29.5 Å². The van der Waals surface area contributed by atoms with Gasteiger partial charge in [0.1, 0.15) is 0 Å². The molecule has 3 nitrogen and oxygen atoms in total. The van der Waals surface area contributed by atoms with Crippen LogP contribution in [0, 0.1) is 11.3 Å². The van der Waals surface area contributed by atoms with E-state index in [0.29, 0.717) is 6.10 Å². The quantitative estimate of drug-likeness (QED) is 0.803. The highest BCUT2D eigenvalue weighted by molar-refractivity contribution is 7.12. The lowest BCUT2D eigenvalue weighted by Gasteiger charge is -2.37. The molecule has 2 saturated heterocycles. The van der Waals surface area contributed by atoms with Crippen LogP contribution < -0.4 is 0 Å². The van der Waals surface area contributed by atoms with Crippen LogP contribution in [0.15, 0.2) is 42.5 Å². The van der Waals surface area contributed by atoms with Crippen molar-refractivity contribution in [1.82, 2.24) is 4.90 Å². The third-order valence-corrected chi connectivity index (χ3v) is 6.72. The van der Waals surface area contributed by atoms with Gasteiger partial charge in [-0.1, -0.05) is 30.3 Å². The molecule has 0 unspecified atom stereocenters. The molecule has 1 aromatic carbocycles. The first-order valence-electron chi connectivity index (χ1n) is 9.18. The van der Waals surface area contributed by atoms with Gasteiger partial charge in [-0.15, -0.1) is 11.3 Å². The minimum Gasteiger partial charge on any atom is -0.373 e. The molecule has 2 fully saturated rings. The molecule has 2 aliphatic rings. The molecule has 4 rings (SSSR count). The number of piperidine rings is 1. The largest absolute Gasteiger partial charge is 0.373 e. The van der Waals surface area contributed by atoms with Crippen molar-refractivity contribution in [3.63, 3.8) is 0 Å². The standard InChI is InChI=1S/C21H24N2OS/c22-16-21(17-5-2-1-3-6-17)10-12-23(13-11-21)15-18-8-9-20(25-18)19-7-4-14-24-19/h1-3,5-6,8-9,19H,4,7,10-15H2/t19-/m1/s1. The lowest BCUT2D eigenvalue weighted by atomic mass is 9.74. The Morgan fingerprint density at radius 1 is 1.16 bits per heavy atom. The first-order valence-corrected chi connectivity index (χ1v) is 10.0. The summed E-state index contributed by atoms with van der Waals surface area (Å²) >= 11 is 1.89. The number of hydrogen-bond acceptors (Lipinski definition) is 4. The highest BCUT2D eigenvalue weighted by Gasteiger charge is 2.36. The zero-order chi connectivity index (χ0) is 17.1. The van der Waals surface area contributed by atoms with E-state index in [-0.39, 0.29) is 5.41 Å². The van der Waals surface area contributed by atoms with E-state index in [4.69, 9.17) is 4.74 Å². The Morgan fingerprint density at radius 2 is 1.96 bits per heavy atom. The van der Waals surface area contributed by atoms with Gasteiger partial charge >= 0.3 is 0 Å². The minimum absolute atomic E-state index is 0.309. The van der Waals surface area contributed by atoms with E-state index in [2.05, 4.69) is 35.2 Å². The normalized spacial score (nSPS) is 23.4. The highest BCUT2D eigenvalue weighted by Crippen LogP contribution is 2.37. The van der Waals surface area contributed by atoms with Gasteiger partial charge in [-0.25, -0.2) is 0 Å². The molecule has 0 amide bonds. The second kappa shape index (κ2) is 7.29. The van der Waals surface area contributed by atoms with Crippen LogP contribution in [0.5, 0.6) is 0 Å². The summed E-state index contributed by atoms with van der Waals surface area (Å²) in [7, 11) is 0. The lowest BCUT2D eigenvalue weighted by molar-refractivity contribution is 0.114. The van der Waals surface area contributed by atoms with Crippen LogP contribution in [0.1, 0.15) is 47.1 Å². The lowest BCUT2D eigenvalue weighted by Crippen LogP contribution is -2.41. The van der Waals surface area contributed by atoms with Gasteiger partial charge < -0.3 is 4.74 Å². The van der Waals surface area contributed by atoms with Crippen LogP contribution >= 0.6 is 11.3 Å². The fourth-order valence-corrected chi connectivity index (χ4v) is 5.13. The van der Waals surface area contributed by atoms with Crippen LogP contribution in [-0.4, -0.2) is 24.6 Å². The summed E-state index contributed by atoms with van der Waals surface area (Å²) in [5.41, 5.74) is 0.865. The van der Waals surface area contributed by atoms with Crippen molar-refractivity contribution in [2.75, 3.05) is 19.7 Å². The monoisotopic (exact) mass is 352 g/mol. The molecule has 2 aromatic rings. The van der Waals surface area contributed by atoms with E-state index in [1.54, 1.807) is 0 Å². The number of likely N-dealkylation sites (tertiary alicyclic amines) is 1. The zero-order valence-electron chi connectivity index (χ0n) is 14.5. The van der Waals surface area contributed by atoms with Crippen LogP contribution in [0.2, 0.25) is 0 Å². The van der Waals surface area contributed by atoms with Crippen molar-refractivity contribution in [2.45, 2.75) is 43.7 Å². The molecule has 1 aromatic heterocycles. The third kappa shape index (κ3) is 3.50. The summed E-state index contributed by atoms with van der Waals surface area (Å²) in [5.74, 6) is 0. The molecule has 2 aliphatic heterocycles. The van der Waals surface area contributed by atoms with Crippen molar-refractivity contribution in [3.8, 4) is 6.07 Å². The maximum atomic E-state index is 9.82. The maximum Gasteiger partial charge on any atom is 0.0917 e. The number of rotatable bonds is 4. The van der Waals surface area contributed by atoms with Gasteiger partial charge in [-0.2, -0.15) is 5.26 Å². The average Bonchev–Trinajstić information content (AvgIpc) is 3.35. The molecule has 25 heavy (non-hydrogen) atoms. The Bertz CT molecular complexity index is 735. The maximum absolute atomic E-state index is 9.82. The molecule has 0 N–H and O–H groups in total. The number of ether oxygens (including phenoxy) is 1.